The molecule has 4 heteroatoms. The molecule has 1 atom stereocenters. The summed E-state index contributed by atoms with van der Waals surface area (Å²) in [4.78, 5) is 4.80. The highest BCUT2D eigenvalue weighted by Gasteiger charge is 2.13. The second kappa shape index (κ2) is 8.57. The van der Waals surface area contributed by atoms with Gasteiger partial charge in [-0.2, -0.15) is 11.8 Å². The third-order valence-corrected chi connectivity index (χ3v) is 5.30. The van der Waals surface area contributed by atoms with Crippen LogP contribution in [0, 0.1) is 0 Å². The minimum absolute atomic E-state index is 0.511. The van der Waals surface area contributed by atoms with Crippen LogP contribution < -0.4 is 5.32 Å². The van der Waals surface area contributed by atoms with Crippen LogP contribution in [0.5, 0.6) is 0 Å². The van der Waals surface area contributed by atoms with Crippen molar-refractivity contribution < 1.29 is 0 Å². The van der Waals surface area contributed by atoms with Crippen molar-refractivity contribution in [1.29, 1.82) is 0 Å². The molecule has 0 bridgehead atoms. The highest BCUT2D eigenvalue weighted by atomic mass is 32.2. The van der Waals surface area contributed by atoms with Crippen molar-refractivity contribution in [2.24, 2.45) is 0 Å². The van der Waals surface area contributed by atoms with Crippen LogP contribution in [-0.2, 0) is 6.42 Å². The summed E-state index contributed by atoms with van der Waals surface area (Å²) >= 11 is 3.79. The first-order chi connectivity index (χ1) is 10.2. The summed E-state index contributed by atoms with van der Waals surface area (Å²) < 4.78 is 0. The summed E-state index contributed by atoms with van der Waals surface area (Å²) in [5.74, 6) is 1.14. The number of benzene rings is 1. The fourth-order valence-corrected chi connectivity index (χ4v) is 3.88. The lowest BCUT2D eigenvalue weighted by Gasteiger charge is -2.17. The minimum Gasteiger partial charge on any atom is -0.313 e. The van der Waals surface area contributed by atoms with Gasteiger partial charge in [-0.25, -0.2) is 4.98 Å². The Bertz CT molecular complexity index is 523. The Kier molecular flexibility index (Phi) is 6.74. The molecule has 21 heavy (non-hydrogen) atoms. The standard InChI is InChI=1S/C17H24N2S2/c1-4-18-15(11-20-13(2)3)10-17-19-16(12-21-17)14-8-6-5-7-9-14/h5-9,12-13,15,18H,4,10-11H2,1-3H3. The van der Waals surface area contributed by atoms with Gasteiger partial charge in [-0.15, -0.1) is 11.3 Å². The van der Waals surface area contributed by atoms with Gasteiger partial charge in [0.05, 0.1) is 10.7 Å². The van der Waals surface area contributed by atoms with Crippen LogP contribution in [0.25, 0.3) is 11.3 Å². The molecule has 1 N–H and O–H groups in total. The molecular weight excluding hydrogens is 296 g/mol. The van der Waals surface area contributed by atoms with E-state index in [9.17, 15) is 0 Å². The maximum atomic E-state index is 4.80. The van der Waals surface area contributed by atoms with Crippen LogP contribution in [0.1, 0.15) is 25.8 Å². The number of hydrogen-bond acceptors (Lipinski definition) is 4. The van der Waals surface area contributed by atoms with E-state index in [1.165, 1.54) is 10.6 Å². The predicted molar refractivity (Wildman–Crippen MR) is 96.3 cm³/mol. The van der Waals surface area contributed by atoms with Gasteiger partial charge < -0.3 is 5.32 Å². The number of thioether (sulfide) groups is 1. The second-order valence-corrected chi connectivity index (χ2v) is 7.89. The van der Waals surface area contributed by atoms with Crippen molar-refractivity contribution in [3.05, 3.63) is 40.7 Å². The van der Waals surface area contributed by atoms with E-state index >= 15 is 0 Å². The van der Waals surface area contributed by atoms with E-state index in [1.807, 2.05) is 17.8 Å². The van der Waals surface area contributed by atoms with Crippen molar-refractivity contribution in [2.75, 3.05) is 12.3 Å². The minimum atomic E-state index is 0.511. The molecule has 1 unspecified atom stereocenters. The maximum Gasteiger partial charge on any atom is 0.0948 e. The number of nitrogens with one attached hydrogen (secondary N) is 1. The van der Waals surface area contributed by atoms with E-state index < -0.39 is 0 Å². The predicted octanol–water partition coefficient (Wildman–Crippen LogP) is 4.47. The Balaban J connectivity index is 1.99. The molecule has 1 aromatic carbocycles. The monoisotopic (exact) mass is 320 g/mol. The Labute approximate surface area is 136 Å². The van der Waals surface area contributed by atoms with Gasteiger partial charge >= 0.3 is 0 Å². The molecular formula is C17H24N2S2. The van der Waals surface area contributed by atoms with E-state index in [1.54, 1.807) is 11.3 Å². The van der Waals surface area contributed by atoms with Gasteiger partial charge in [0.1, 0.15) is 0 Å². The first-order valence-corrected chi connectivity index (χ1v) is 9.46. The summed E-state index contributed by atoms with van der Waals surface area (Å²) in [5, 5.41) is 7.66. The van der Waals surface area contributed by atoms with Crippen molar-refractivity contribution in [2.45, 2.75) is 38.5 Å². The molecule has 0 aliphatic carbocycles. The van der Waals surface area contributed by atoms with Crippen LogP contribution in [0.3, 0.4) is 0 Å². The Morgan fingerprint density at radius 1 is 1.24 bits per heavy atom. The van der Waals surface area contributed by atoms with Gasteiger partial charge in [0.2, 0.25) is 0 Å². The third kappa shape index (κ3) is 5.46. The molecule has 1 heterocycles. The number of nitrogens with zero attached hydrogens (tertiary/aromatic N) is 1. The van der Waals surface area contributed by atoms with Crippen LogP contribution in [-0.4, -0.2) is 28.6 Å². The summed E-state index contributed by atoms with van der Waals surface area (Å²) in [6, 6.07) is 10.9. The number of hydrogen-bond donors (Lipinski definition) is 1. The maximum absolute atomic E-state index is 4.80. The number of rotatable bonds is 8. The molecule has 0 spiro atoms. The van der Waals surface area contributed by atoms with Gasteiger partial charge in [-0.3, -0.25) is 0 Å². The summed E-state index contributed by atoms with van der Waals surface area (Å²) in [7, 11) is 0. The fraction of sp³-hybridized carbons (Fsp3) is 0.471. The smallest absolute Gasteiger partial charge is 0.0948 e. The van der Waals surface area contributed by atoms with Gasteiger partial charge in [-0.1, -0.05) is 51.1 Å². The molecule has 0 fully saturated rings. The topological polar surface area (TPSA) is 24.9 Å². The lowest BCUT2D eigenvalue weighted by atomic mass is 10.2. The third-order valence-electron chi connectivity index (χ3n) is 3.17. The van der Waals surface area contributed by atoms with E-state index in [0.717, 1.165) is 24.4 Å². The molecule has 0 saturated carbocycles. The summed E-state index contributed by atoms with van der Waals surface area (Å²) in [6.45, 7) is 7.69. The molecule has 2 aromatic rings. The van der Waals surface area contributed by atoms with Crippen molar-refractivity contribution in [3.63, 3.8) is 0 Å². The van der Waals surface area contributed by atoms with E-state index in [-0.39, 0.29) is 0 Å². The largest absolute Gasteiger partial charge is 0.313 e. The molecule has 0 aliphatic heterocycles. The molecule has 0 amide bonds. The van der Waals surface area contributed by atoms with Gasteiger partial charge in [0.15, 0.2) is 0 Å². The van der Waals surface area contributed by atoms with E-state index in [4.69, 9.17) is 4.98 Å². The highest BCUT2D eigenvalue weighted by Crippen LogP contribution is 2.23. The van der Waals surface area contributed by atoms with E-state index in [2.05, 4.69) is 55.7 Å². The lowest BCUT2D eigenvalue weighted by Crippen LogP contribution is -2.33. The van der Waals surface area contributed by atoms with Crippen LogP contribution in [0.4, 0.5) is 0 Å². The molecule has 2 nitrogen and oxygen atoms in total. The Hall–Kier alpha value is -0.840. The zero-order chi connectivity index (χ0) is 15.1. The average molecular weight is 321 g/mol. The first-order valence-electron chi connectivity index (χ1n) is 7.53. The molecule has 0 aliphatic rings. The van der Waals surface area contributed by atoms with Crippen LogP contribution in [0.15, 0.2) is 35.7 Å². The Morgan fingerprint density at radius 3 is 2.67 bits per heavy atom. The van der Waals surface area contributed by atoms with Gasteiger partial charge in [-0.05, 0) is 11.8 Å². The fourth-order valence-electron chi connectivity index (χ4n) is 2.14. The molecule has 1 aromatic heterocycles. The second-order valence-electron chi connectivity index (χ2n) is 5.33. The number of likely N-dealkylation sites (N-methyl/N-ethyl adjacent to an activating group) is 1. The normalized spacial score (nSPS) is 12.8. The van der Waals surface area contributed by atoms with Gasteiger partial charge in [0, 0.05) is 29.2 Å². The molecule has 0 radical (unpaired) electrons. The molecule has 0 saturated heterocycles. The van der Waals surface area contributed by atoms with Gasteiger partial charge in [0.25, 0.3) is 0 Å². The quantitative estimate of drug-likeness (QED) is 0.776. The van der Waals surface area contributed by atoms with Crippen molar-refractivity contribution in [1.82, 2.24) is 10.3 Å². The average Bonchev–Trinajstić information content (AvgIpc) is 2.94. The van der Waals surface area contributed by atoms with E-state index in [0.29, 0.717) is 11.3 Å². The van der Waals surface area contributed by atoms with Crippen LogP contribution >= 0.6 is 23.1 Å². The SMILES string of the molecule is CCNC(CSC(C)C)Cc1nc(-c2ccccc2)cs1. The number of aromatic nitrogens is 1. The van der Waals surface area contributed by atoms with Crippen LogP contribution in [0.2, 0.25) is 0 Å². The highest BCUT2D eigenvalue weighted by molar-refractivity contribution is 7.99. The summed E-state index contributed by atoms with van der Waals surface area (Å²) in [6.07, 6.45) is 1.02. The zero-order valence-corrected chi connectivity index (χ0v) is 14.6. The lowest BCUT2D eigenvalue weighted by molar-refractivity contribution is 0.571. The summed E-state index contributed by atoms with van der Waals surface area (Å²) in [5.41, 5.74) is 2.30. The number of thiazole rings is 1. The van der Waals surface area contributed by atoms with Crippen molar-refractivity contribution >= 4 is 23.1 Å². The Morgan fingerprint density at radius 2 is 2.00 bits per heavy atom. The zero-order valence-electron chi connectivity index (χ0n) is 13.0. The van der Waals surface area contributed by atoms with Crippen molar-refractivity contribution in [3.8, 4) is 11.3 Å². The molecule has 114 valence electrons. The molecule has 2 rings (SSSR count). The first kappa shape index (κ1) is 16.5.